The molecule has 144 valence electrons. The maximum Gasteiger partial charge on any atom is 0.292 e. The summed E-state index contributed by atoms with van der Waals surface area (Å²) in [6.07, 6.45) is 1.41. The van der Waals surface area contributed by atoms with E-state index in [4.69, 9.17) is 14.2 Å². The first kappa shape index (κ1) is 18.9. The lowest BCUT2D eigenvalue weighted by molar-refractivity contribution is 0.0951. The van der Waals surface area contributed by atoms with Gasteiger partial charge >= 0.3 is 0 Å². The lowest BCUT2D eigenvalue weighted by Crippen LogP contribution is -2.22. The highest BCUT2D eigenvalue weighted by Crippen LogP contribution is 2.38. The molecule has 0 unspecified atom stereocenters. The smallest absolute Gasteiger partial charge is 0.292 e. The molecule has 0 aliphatic rings. The number of hydrogen-bond donors (Lipinski definition) is 2. The van der Waals surface area contributed by atoms with Crippen LogP contribution in [0.1, 0.15) is 16.1 Å². The predicted octanol–water partition coefficient (Wildman–Crippen LogP) is 1.71. The van der Waals surface area contributed by atoms with E-state index in [1.165, 1.54) is 27.5 Å². The van der Waals surface area contributed by atoms with Gasteiger partial charge in [-0.25, -0.2) is 10.5 Å². The van der Waals surface area contributed by atoms with Gasteiger partial charge in [-0.05, 0) is 18.2 Å². The first-order valence-electron chi connectivity index (χ1n) is 8.20. The van der Waals surface area contributed by atoms with E-state index in [9.17, 15) is 9.59 Å². The number of nitrogens with zero attached hydrogens (tertiary/aromatic N) is 2. The van der Waals surface area contributed by atoms with Crippen molar-refractivity contribution in [2.24, 2.45) is 5.10 Å². The minimum absolute atomic E-state index is 0.0617. The summed E-state index contributed by atoms with van der Waals surface area (Å²) in [5.74, 6) is 0.758. The van der Waals surface area contributed by atoms with Crippen LogP contribution in [0.3, 0.4) is 0 Å². The lowest BCUT2D eigenvalue weighted by Gasteiger charge is -2.13. The Balaban J connectivity index is 1.87. The lowest BCUT2D eigenvalue weighted by atomic mass is 10.1. The van der Waals surface area contributed by atoms with Gasteiger partial charge in [-0.1, -0.05) is 18.2 Å². The van der Waals surface area contributed by atoms with Gasteiger partial charge in [0.25, 0.3) is 11.5 Å². The van der Waals surface area contributed by atoms with Gasteiger partial charge in [0.15, 0.2) is 17.2 Å². The molecule has 3 rings (SSSR count). The molecular weight excluding hydrogens is 364 g/mol. The van der Waals surface area contributed by atoms with E-state index in [1.807, 2.05) is 0 Å². The number of fused-ring (bicyclic) bond motifs is 1. The Kier molecular flexibility index (Phi) is 5.54. The first-order chi connectivity index (χ1) is 13.6. The van der Waals surface area contributed by atoms with Crippen LogP contribution < -0.4 is 25.2 Å². The molecule has 28 heavy (non-hydrogen) atoms. The molecular formula is C19H18N4O5. The number of aromatic nitrogens is 2. The fraction of sp³-hybridized carbons (Fsp3) is 0.158. The second-order valence-electron chi connectivity index (χ2n) is 5.57. The van der Waals surface area contributed by atoms with Crippen molar-refractivity contribution in [2.45, 2.75) is 0 Å². The Morgan fingerprint density at radius 3 is 2.43 bits per heavy atom. The number of ether oxygens (including phenoxy) is 3. The van der Waals surface area contributed by atoms with Crippen molar-refractivity contribution in [1.82, 2.24) is 15.6 Å². The zero-order valence-electron chi connectivity index (χ0n) is 15.5. The summed E-state index contributed by atoms with van der Waals surface area (Å²) in [6.45, 7) is 0. The second-order valence-corrected chi connectivity index (χ2v) is 5.57. The third-order valence-electron chi connectivity index (χ3n) is 4.02. The minimum Gasteiger partial charge on any atom is -0.493 e. The fourth-order valence-electron chi connectivity index (χ4n) is 2.73. The highest BCUT2D eigenvalue weighted by molar-refractivity contribution is 6.05. The number of carbonyl (C=O) groups is 1. The van der Waals surface area contributed by atoms with Crippen LogP contribution in [-0.2, 0) is 0 Å². The van der Waals surface area contributed by atoms with Crippen molar-refractivity contribution >= 4 is 22.9 Å². The van der Waals surface area contributed by atoms with Crippen molar-refractivity contribution in [3.8, 4) is 17.2 Å². The Labute approximate surface area is 159 Å². The summed E-state index contributed by atoms with van der Waals surface area (Å²) in [6, 6.07) is 10.1. The van der Waals surface area contributed by atoms with Crippen LogP contribution in [0, 0.1) is 0 Å². The molecule has 0 radical (unpaired) electrons. The number of nitrogens with one attached hydrogen (secondary N) is 2. The highest BCUT2D eigenvalue weighted by Gasteiger charge is 2.16. The summed E-state index contributed by atoms with van der Waals surface area (Å²) in [5, 5.41) is 10.9. The van der Waals surface area contributed by atoms with Crippen molar-refractivity contribution in [2.75, 3.05) is 21.3 Å². The van der Waals surface area contributed by atoms with Gasteiger partial charge < -0.3 is 14.2 Å². The van der Waals surface area contributed by atoms with Gasteiger partial charge in [0.2, 0.25) is 5.75 Å². The number of carbonyl (C=O) groups excluding carboxylic acids is 1. The van der Waals surface area contributed by atoms with Gasteiger partial charge in [-0.3, -0.25) is 9.59 Å². The zero-order chi connectivity index (χ0) is 20.1. The fourth-order valence-corrected chi connectivity index (χ4v) is 2.73. The van der Waals surface area contributed by atoms with Crippen LogP contribution in [0.4, 0.5) is 0 Å². The Bertz CT molecular complexity index is 1110. The maximum absolute atomic E-state index is 12.5. The number of hydrazone groups is 1. The van der Waals surface area contributed by atoms with Gasteiger partial charge in [-0.2, -0.15) is 10.2 Å². The summed E-state index contributed by atoms with van der Waals surface area (Å²) in [7, 11) is 4.51. The predicted molar refractivity (Wildman–Crippen MR) is 104 cm³/mol. The molecule has 0 bridgehead atoms. The van der Waals surface area contributed by atoms with Crippen LogP contribution in [0.15, 0.2) is 46.3 Å². The number of hydrogen-bond acceptors (Lipinski definition) is 7. The zero-order valence-corrected chi connectivity index (χ0v) is 15.5. The third kappa shape index (κ3) is 3.50. The van der Waals surface area contributed by atoms with E-state index >= 15 is 0 Å². The number of benzene rings is 2. The standard InChI is InChI=1S/C19H18N4O5/c1-26-14-9-8-11(16(27-2)17(14)28-3)10-20-22-19(25)15-12-6-4-5-7-13(12)18(24)23-21-15/h4-10H,1-3H3,(H,22,25)(H,23,24)/b20-10-. The molecule has 2 N–H and O–H groups in total. The maximum atomic E-state index is 12.5. The average Bonchev–Trinajstić information content (AvgIpc) is 2.73. The number of H-pyrrole nitrogens is 1. The number of rotatable bonds is 6. The Morgan fingerprint density at radius 1 is 1.04 bits per heavy atom. The molecule has 3 aromatic rings. The molecule has 1 amide bonds. The molecule has 0 spiro atoms. The summed E-state index contributed by atoms with van der Waals surface area (Å²) in [5.41, 5.74) is 2.66. The van der Waals surface area contributed by atoms with Crippen molar-refractivity contribution in [3.05, 3.63) is 58.0 Å². The quantitative estimate of drug-likeness (QED) is 0.495. The van der Waals surface area contributed by atoms with Crippen LogP contribution in [0.2, 0.25) is 0 Å². The van der Waals surface area contributed by atoms with Gasteiger partial charge in [0.05, 0.1) is 32.9 Å². The van der Waals surface area contributed by atoms with E-state index in [1.54, 1.807) is 36.4 Å². The number of methoxy groups -OCH3 is 3. The molecule has 0 saturated carbocycles. The molecule has 2 aromatic carbocycles. The molecule has 9 nitrogen and oxygen atoms in total. The van der Waals surface area contributed by atoms with Gasteiger partial charge in [0.1, 0.15) is 0 Å². The Morgan fingerprint density at radius 2 is 1.75 bits per heavy atom. The van der Waals surface area contributed by atoms with Crippen LogP contribution in [-0.4, -0.2) is 43.6 Å². The van der Waals surface area contributed by atoms with E-state index in [-0.39, 0.29) is 11.3 Å². The SMILES string of the molecule is COc1ccc(/C=N\NC(=O)c2n[nH]c(=O)c3ccccc23)c(OC)c1OC. The monoisotopic (exact) mass is 382 g/mol. The van der Waals surface area contributed by atoms with Crippen molar-refractivity contribution < 1.29 is 19.0 Å². The van der Waals surface area contributed by atoms with Gasteiger partial charge in [-0.15, -0.1) is 0 Å². The molecule has 9 heteroatoms. The van der Waals surface area contributed by atoms with Crippen molar-refractivity contribution in [3.63, 3.8) is 0 Å². The first-order valence-corrected chi connectivity index (χ1v) is 8.20. The normalized spacial score (nSPS) is 10.8. The van der Waals surface area contributed by atoms with Crippen LogP contribution >= 0.6 is 0 Å². The molecule has 0 aliphatic carbocycles. The van der Waals surface area contributed by atoms with E-state index in [2.05, 4.69) is 20.7 Å². The van der Waals surface area contributed by atoms with E-state index in [0.29, 0.717) is 33.6 Å². The summed E-state index contributed by atoms with van der Waals surface area (Å²) < 4.78 is 15.9. The molecule has 1 aromatic heterocycles. The average molecular weight is 382 g/mol. The van der Waals surface area contributed by atoms with Crippen molar-refractivity contribution in [1.29, 1.82) is 0 Å². The molecule has 0 saturated heterocycles. The van der Waals surface area contributed by atoms with Gasteiger partial charge in [0, 0.05) is 10.9 Å². The Hall–Kier alpha value is -3.88. The minimum atomic E-state index is -0.567. The summed E-state index contributed by atoms with van der Waals surface area (Å²) >= 11 is 0. The van der Waals surface area contributed by atoms with Crippen LogP contribution in [0.25, 0.3) is 10.8 Å². The topological polar surface area (TPSA) is 115 Å². The molecule has 1 heterocycles. The molecule has 0 fully saturated rings. The molecule has 0 atom stereocenters. The second kappa shape index (κ2) is 8.21. The third-order valence-corrected chi connectivity index (χ3v) is 4.02. The number of aromatic amines is 1. The summed E-state index contributed by atoms with van der Waals surface area (Å²) in [4.78, 5) is 24.3. The van der Waals surface area contributed by atoms with E-state index < -0.39 is 5.91 Å². The largest absolute Gasteiger partial charge is 0.493 e. The van der Waals surface area contributed by atoms with E-state index in [0.717, 1.165) is 0 Å². The number of amides is 1. The highest BCUT2D eigenvalue weighted by atomic mass is 16.5. The van der Waals surface area contributed by atoms with Crippen LogP contribution in [0.5, 0.6) is 17.2 Å². The molecule has 0 aliphatic heterocycles.